The fourth-order valence-electron chi connectivity index (χ4n) is 8.74. The second-order valence-electron chi connectivity index (χ2n) is 19.1. The quantitative estimate of drug-likeness (QED) is 0.0281. The molecule has 1 aliphatic heterocycles. The van der Waals surface area contributed by atoms with Gasteiger partial charge in [-0.25, -0.2) is 0 Å². The Morgan fingerprint density at radius 2 is 1.22 bits per heavy atom. The standard InChI is InChI=1S/C53H72N16O10/c1-30(70)63-38(16-9-23-60-52(55)56)46(74)69-43-28-44(72)59-22-8-7-15-37(45(54)73)64-50(78)42(27-33-29-62-36-14-6-5-13-35(33)36)68-47(75)39(17-10-24-61-53(57)58)65-48(76)40(25-31-11-3-2-4-12-31)66-49(77)41(67-51(43)79)26-32-18-20-34(71)21-19-32/h2-6,11-14,18-21,29,37-43,62,71H,7-10,15-17,22-28H2,1H3,(H2,54,73)(H,59,72)(H,63,70)(H,64,78)(H,65,76)(H,66,77)(H,67,79)(H,68,75)(H,69,74)(H4,55,56,60)(H4,57,58,61)/t37-,38-,39-,40+,41-,42-,43-/m0/s1. The number of hydrogen-bond donors (Lipinski definition) is 15. The predicted molar refractivity (Wildman–Crippen MR) is 294 cm³/mol. The molecule has 0 aliphatic carbocycles. The molecule has 7 atom stereocenters. The molecule has 4 aromatic rings. The van der Waals surface area contributed by atoms with Gasteiger partial charge in [0.25, 0.3) is 0 Å². The van der Waals surface area contributed by atoms with E-state index in [-0.39, 0.29) is 102 Å². The van der Waals surface area contributed by atoms with Crippen LogP contribution in [0.25, 0.3) is 10.9 Å². The number of aromatic amines is 1. The molecule has 0 saturated carbocycles. The van der Waals surface area contributed by atoms with Crippen molar-refractivity contribution < 1.29 is 48.3 Å². The number of H-pyrrole nitrogens is 1. The number of carbonyl (C=O) groups excluding carboxylic acids is 9. The number of phenols is 1. The minimum atomic E-state index is -1.67. The Morgan fingerprint density at radius 1 is 0.658 bits per heavy atom. The maximum atomic E-state index is 14.8. The van der Waals surface area contributed by atoms with Gasteiger partial charge in [0.05, 0.1) is 6.42 Å². The highest BCUT2D eigenvalue weighted by molar-refractivity contribution is 5.99. The van der Waals surface area contributed by atoms with Crippen molar-refractivity contribution in [2.24, 2.45) is 38.7 Å². The van der Waals surface area contributed by atoms with Crippen molar-refractivity contribution in [1.29, 1.82) is 0 Å². The molecule has 20 N–H and O–H groups in total. The number of aromatic hydroxyl groups is 1. The van der Waals surface area contributed by atoms with Gasteiger partial charge in [0.15, 0.2) is 11.9 Å². The average Bonchev–Trinajstić information content (AvgIpc) is 3.85. The van der Waals surface area contributed by atoms with Gasteiger partial charge in [-0.1, -0.05) is 60.7 Å². The van der Waals surface area contributed by atoms with Crippen molar-refractivity contribution in [3.8, 4) is 5.75 Å². The lowest BCUT2D eigenvalue weighted by molar-refractivity contribution is -0.136. The topological polar surface area (TPSA) is 441 Å². The molecular formula is C53H72N16O10. The van der Waals surface area contributed by atoms with E-state index in [1.165, 1.54) is 31.2 Å². The van der Waals surface area contributed by atoms with Gasteiger partial charge in [0, 0.05) is 62.9 Å². The third-order valence-electron chi connectivity index (χ3n) is 12.8. The maximum Gasteiger partial charge on any atom is 0.243 e. The molecule has 79 heavy (non-hydrogen) atoms. The molecule has 0 bridgehead atoms. The number of para-hydroxylation sites is 1. The zero-order valence-corrected chi connectivity index (χ0v) is 43.9. The fourth-order valence-corrected chi connectivity index (χ4v) is 8.74. The van der Waals surface area contributed by atoms with Gasteiger partial charge in [-0.3, -0.25) is 53.1 Å². The molecule has 424 valence electrons. The first-order valence-electron chi connectivity index (χ1n) is 25.9. The minimum absolute atomic E-state index is 0.000606. The lowest BCUT2D eigenvalue weighted by Gasteiger charge is -2.28. The maximum absolute atomic E-state index is 14.8. The molecule has 0 radical (unpaired) electrons. The number of amides is 9. The minimum Gasteiger partial charge on any atom is -0.508 e. The van der Waals surface area contributed by atoms with Crippen LogP contribution in [-0.2, 0) is 62.4 Å². The molecule has 26 heteroatoms. The largest absolute Gasteiger partial charge is 0.508 e. The number of rotatable bonds is 18. The molecule has 0 spiro atoms. The third kappa shape index (κ3) is 20.3. The van der Waals surface area contributed by atoms with Crippen LogP contribution >= 0.6 is 0 Å². The molecule has 0 unspecified atom stereocenters. The van der Waals surface area contributed by atoms with Gasteiger partial charge in [0.2, 0.25) is 53.2 Å². The van der Waals surface area contributed by atoms with Crippen LogP contribution in [-0.4, -0.2) is 137 Å². The Kier molecular flexibility index (Phi) is 23.4. The zero-order chi connectivity index (χ0) is 57.4. The molecule has 9 amide bonds. The van der Waals surface area contributed by atoms with Crippen LogP contribution in [0.15, 0.2) is 95.0 Å². The number of phenolic OH excluding ortho intramolecular Hbond substituents is 1. The molecule has 1 fully saturated rings. The van der Waals surface area contributed by atoms with E-state index in [0.29, 0.717) is 16.7 Å². The van der Waals surface area contributed by atoms with Crippen molar-refractivity contribution in [2.45, 2.75) is 120 Å². The lowest BCUT2D eigenvalue weighted by Crippen LogP contribution is -2.61. The summed E-state index contributed by atoms with van der Waals surface area (Å²) >= 11 is 0. The van der Waals surface area contributed by atoms with Gasteiger partial charge < -0.3 is 81.3 Å². The molecule has 1 aliphatic rings. The molecule has 2 heterocycles. The lowest BCUT2D eigenvalue weighted by atomic mass is 10.0. The van der Waals surface area contributed by atoms with Gasteiger partial charge in [-0.2, -0.15) is 0 Å². The molecule has 3 aromatic carbocycles. The average molecular weight is 1090 g/mol. The number of nitrogens with zero attached hydrogens (tertiary/aromatic N) is 2. The molecule has 26 nitrogen and oxygen atoms in total. The van der Waals surface area contributed by atoms with Gasteiger partial charge in [0.1, 0.15) is 48.0 Å². The third-order valence-corrected chi connectivity index (χ3v) is 12.8. The van der Waals surface area contributed by atoms with Crippen LogP contribution in [0, 0.1) is 0 Å². The van der Waals surface area contributed by atoms with Crippen LogP contribution in [0.5, 0.6) is 5.75 Å². The zero-order valence-electron chi connectivity index (χ0n) is 43.9. The van der Waals surface area contributed by atoms with E-state index in [4.69, 9.17) is 28.7 Å². The van der Waals surface area contributed by atoms with E-state index in [2.05, 4.69) is 57.5 Å². The second-order valence-corrected chi connectivity index (χ2v) is 19.1. The summed E-state index contributed by atoms with van der Waals surface area (Å²) in [6.45, 7) is 1.33. The molecular weight excluding hydrogens is 1020 g/mol. The van der Waals surface area contributed by atoms with Crippen molar-refractivity contribution in [3.63, 3.8) is 0 Å². The van der Waals surface area contributed by atoms with E-state index >= 15 is 0 Å². The first kappa shape index (κ1) is 60.6. The number of aliphatic imine (C=N–C) groups is 2. The Hall–Kier alpha value is -9.23. The van der Waals surface area contributed by atoms with Crippen molar-refractivity contribution in [2.75, 3.05) is 19.6 Å². The van der Waals surface area contributed by atoms with Gasteiger partial charge in [-0.05, 0) is 79.8 Å². The second kappa shape index (κ2) is 30.5. The number of fused-ring (bicyclic) bond motifs is 1. The number of guanidine groups is 2. The van der Waals surface area contributed by atoms with Crippen molar-refractivity contribution in [1.82, 2.24) is 47.5 Å². The summed E-state index contributed by atoms with van der Waals surface area (Å²) in [5.41, 5.74) is 30.3. The van der Waals surface area contributed by atoms with Crippen LogP contribution in [0.1, 0.15) is 75.0 Å². The normalized spacial score (nSPS) is 20.6. The van der Waals surface area contributed by atoms with E-state index in [9.17, 15) is 48.3 Å². The number of carbonyl (C=O) groups is 9. The van der Waals surface area contributed by atoms with Crippen LogP contribution < -0.4 is 71.2 Å². The summed E-state index contributed by atoms with van der Waals surface area (Å²) in [6.07, 6.45) is 1.32. The Morgan fingerprint density at radius 3 is 1.85 bits per heavy atom. The van der Waals surface area contributed by atoms with Crippen LogP contribution in [0.2, 0.25) is 0 Å². The number of primary amides is 1. The highest BCUT2D eigenvalue weighted by Crippen LogP contribution is 2.20. The summed E-state index contributed by atoms with van der Waals surface area (Å²) in [6, 6.07) is 11.8. The predicted octanol–water partition coefficient (Wildman–Crippen LogP) is -2.40. The number of benzene rings is 3. The molecule has 1 aromatic heterocycles. The summed E-state index contributed by atoms with van der Waals surface area (Å²) in [4.78, 5) is 137. The van der Waals surface area contributed by atoms with Gasteiger partial charge >= 0.3 is 0 Å². The number of nitrogens with two attached hydrogens (primary N) is 5. The molecule has 1 saturated heterocycles. The van der Waals surface area contributed by atoms with Crippen molar-refractivity contribution in [3.05, 3.63) is 102 Å². The Labute approximate surface area is 456 Å². The SMILES string of the molecule is CC(=O)N[C@@H](CCCN=C(N)N)C(=O)N[C@H]1CC(=O)NCCCC[C@@H](C(N)=O)NC(=O)[C@H](Cc2c[nH]c3ccccc23)NC(=O)[C@H](CCCN=C(N)N)NC(=O)[C@@H](Cc2ccccc2)NC(=O)[C@H](Cc2ccc(O)cc2)NC1=O. The van der Waals surface area contributed by atoms with E-state index in [0.717, 1.165) is 10.9 Å². The van der Waals surface area contributed by atoms with Crippen molar-refractivity contribution >= 4 is 76.0 Å². The highest BCUT2D eigenvalue weighted by Gasteiger charge is 2.35. The summed E-state index contributed by atoms with van der Waals surface area (Å²) < 4.78 is 0. The van der Waals surface area contributed by atoms with Crippen LogP contribution in [0.3, 0.4) is 0 Å². The number of nitrogens with one attached hydrogen (secondary N) is 9. The first-order chi connectivity index (χ1) is 37.8. The highest BCUT2D eigenvalue weighted by atomic mass is 16.3. The Balaban J connectivity index is 1.57. The summed E-state index contributed by atoms with van der Waals surface area (Å²) in [5.74, 6) is -7.88. The van der Waals surface area contributed by atoms with Crippen LogP contribution in [0.4, 0.5) is 0 Å². The summed E-state index contributed by atoms with van der Waals surface area (Å²) in [5, 5.41) is 32.3. The number of hydrogen-bond acceptors (Lipinski definition) is 12. The molecule has 5 rings (SSSR count). The van der Waals surface area contributed by atoms with E-state index in [1.807, 2.05) is 24.3 Å². The Bertz CT molecular complexity index is 2820. The van der Waals surface area contributed by atoms with E-state index < -0.39 is 102 Å². The van der Waals surface area contributed by atoms with Gasteiger partial charge in [-0.15, -0.1) is 0 Å². The van der Waals surface area contributed by atoms with E-state index in [1.54, 1.807) is 36.5 Å². The monoisotopic (exact) mass is 1090 g/mol. The first-order valence-corrected chi connectivity index (χ1v) is 25.9. The number of aromatic nitrogens is 1. The fraction of sp³-hybridized carbons (Fsp3) is 0.415. The smallest absolute Gasteiger partial charge is 0.243 e. The summed E-state index contributed by atoms with van der Waals surface area (Å²) in [7, 11) is 0.